The van der Waals surface area contributed by atoms with E-state index in [1.807, 2.05) is 30.3 Å². The minimum atomic E-state index is -0.183. The molecule has 1 aromatic heterocycles. The maximum Gasteiger partial charge on any atom is 0.251 e. The Balaban J connectivity index is 0.00000306. The molecule has 0 saturated carbocycles. The molecule has 2 aromatic carbocycles. The standard InChI is InChI=1S/C23H22Cl2N4O2S.ClH/c24-16-8-6-14(10-17(16)25)22(31)27-15-7-9-19-20(11-15)32-23(28-19)29-21(30)12-18(26)13-4-2-1-3-5-13;/h1-6,8,10,15,18H,7,9,11-12,26H2,(H,27,31)(H,28,29,30);1H/t15-,18?;/m0./s1. The number of hydrogen-bond acceptors (Lipinski definition) is 4. The van der Waals surface area contributed by atoms with E-state index in [1.54, 1.807) is 18.2 Å². The first-order valence-electron chi connectivity index (χ1n) is 10.3. The highest BCUT2D eigenvalue weighted by Gasteiger charge is 2.25. The van der Waals surface area contributed by atoms with Crippen LogP contribution in [0, 0.1) is 0 Å². The Kier molecular flexibility index (Phi) is 8.73. The van der Waals surface area contributed by atoms with Crippen molar-refractivity contribution in [1.82, 2.24) is 10.3 Å². The summed E-state index contributed by atoms with van der Waals surface area (Å²) in [4.78, 5) is 30.7. The average Bonchev–Trinajstić information content (AvgIpc) is 3.17. The van der Waals surface area contributed by atoms with Gasteiger partial charge in [-0.3, -0.25) is 9.59 Å². The molecule has 1 aliphatic rings. The third kappa shape index (κ3) is 6.46. The van der Waals surface area contributed by atoms with Gasteiger partial charge < -0.3 is 28.8 Å². The second-order valence-corrected chi connectivity index (χ2v) is 9.69. The minimum Gasteiger partial charge on any atom is -1.00 e. The van der Waals surface area contributed by atoms with Crippen LogP contribution in [-0.4, -0.2) is 22.8 Å². The number of amides is 2. The van der Waals surface area contributed by atoms with E-state index < -0.39 is 0 Å². The van der Waals surface area contributed by atoms with Gasteiger partial charge in [0.2, 0.25) is 5.91 Å². The summed E-state index contributed by atoms with van der Waals surface area (Å²) in [6.07, 6.45) is 2.50. The summed E-state index contributed by atoms with van der Waals surface area (Å²) in [5.74, 6) is -0.290. The summed E-state index contributed by atoms with van der Waals surface area (Å²) in [6, 6.07) is 14.5. The van der Waals surface area contributed by atoms with E-state index in [0.717, 1.165) is 29.0 Å². The first kappa shape index (κ1) is 25.5. The number of carbonyl (C=O) groups excluding carboxylic acids is 2. The predicted octanol–water partition coefficient (Wildman–Crippen LogP) is 1.05. The lowest BCUT2D eigenvalue weighted by Crippen LogP contribution is -3.00. The maximum absolute atomic E-state index is 12.6. The van der Waals surface area contributed by atoms with E-state index in [0.29, 0.717) is 27.2 Å². The molecule has 0 fully saturated rings. The number of rotatable bonds is 6. The van der Waals surface area contributed by atoms with E-state index in [1.165, 1.54) is 11.3 Å². The van der Waals surface area contributed by atoms with E-state index in [9.17, 15) is 9.59 Å². The zero-order valence-electron chi connectivity index (χ0n) is 17.6. The highest BCUT2D eigenvalue weighted by molar-refractivity contribution is 7.15. The zero-order chi connectivity index (χ0) is 22.7. The van der Waals surface area contributed by atoms with Crippen LogP contribution in [0.5, 0.6) is 0 Å². The van der Waals surface area contributed by atoms with E-state index in [4.69, 9.17) is 23.2 Å². The molecule has 1 aliphatic carbocycles. The van der Waals surface area contributed by atoms with Crippen molar-refractivity contribution in [3.63, 3.8) is 0 Å². The molecule has 1 unspecified atom stereocenters. The van der Waals surface area contributed by atoms with Crippen LogP contribution in [0.3, 0.4) is 0 Å². The van der Waals surface area contributed by atoms with Gasteiger partial charge in [-0.15, -0.1) is 11.3 Å². The van der Waals surface area contributed by atoms with Crippen LogP contribution in [-0.2, 0) is 17.6 Å². The summed E-state index contributed by atoms with van der Waals surface area (Å²) in [7, 11) is 0. The largest absolute Gasteiger partial charge is 1.00 e. The molecule has 0 bridgehead atoms. The number of aryl methyl sites for hydroxylation is 1. The first-order valence-corrected chi connectivity index (χ1v) is 11.9. The Morgan fingerprint density at radius 1 is 1.15 bits per heavy atom. The molecule has 174 valence electrons. The van der Waals surface area contributed by atoms with E-state index in [-0.39, 0.29) is 42.7 Å². The molecule has 0 aliphatic heterocycles. The fourth-order valence-corrected chi connectivity index (χ4v) is 5.10. The molecule has 2 amide bonds. The lowest BCUT2D eigenvalue weighted by molar-refractivity contribution is -0.425. The molecule has 0 spiro atoms. The molecular weight excluding hydrogens is 503 g/mol. The Labute approximate surface area is 212 Å². The molecule has 2 atom stereocenters. The number of halogens is 3. The molecule has 1 heterocycles. The maximum atomic E-state index is 12.6. The highest BCUT2D eigenvalue weighted by atomic mass is 35.5. The number of anilines is 1. The summed E-state index contributed by atoms with van der Waals surface area (Å²) in [6.45, 7) is 0. The SMILES string of the molecule is [Cl-].[NH3+]C(CC(=O)Nc1nc2c(s1)C[C@@H](NC(=O)c1ccc(Cl)c(Cl)c1)CC2)c1ccccc1. The van der Waals surface area contributed by atoms with Crippen LogP contribution in [0.2, 0.25) is 10.0 Å². The molecule has 0 saturated heterocycles. The van der Waals surface area contributed by atoms with Gasteiger partial charge in [-0.05, 0) is 31.0 Å². The topological polar surface area (TPSA) is 98.7 Å². The average molecular weight is 526 g/mol. The van der Waals surface area contributed by atoms with Crippen molar-refractivity contribution in [2.24, 2.45) is 0 Å². The molecule has 5 N–H and O–H groups in total. The van der Waals surface area contributed by atoms with Crippen LogP contribution in [0.4, 0.5) is 5.13 Å². The van der Waals surface area contributed by atoms with Gasteiger partial charge in [0, 0.05) is 28.5 Å². The molecule has 10 heteroatoms. The number of aromatic nitrogens is 1. The Bertz CT molecular complexity index is 1140. The second kappa shape index (κ2) is 11.3. The molecule has 33 heavy (non-hydrogen) atoms. The molecular formula is C23H23Cl3N4O2S. The number of thiazole rings is 1. The number of quaternary nitrogens is 1. The van der Waals surface area contributed by atoms with Gasteiger partial charge in [0.05, 0.1) is 22.2 Å². The van der Waals surface area contributed by atoms with Crippen molar-refractivity contribution >= 4 is 51.5 Å². The third-order valence-corrected chi connectivity index (χ3v) is 7.18. The monoisotopic (exact) mass is 524 g/mol. The quantitative estimate of drug-likeness (QED) is 0.449. The van der Waals surface area contributed by atoms with E-state index in [2.05, 4.69) is 21.4 Å². The Hall–Kier alpha value is -2.16. The number of nitrogens with zero attached hydrogens (tertiary/aromatic N) is 1. The van der Waals surface area contributed by atoms with Gasteiger partial charge >= 0.3 is 0 Å². The number of hydrogen-bond donors (Lipinski definition) is 3. The Morgan fingerprint density at radius 2 is 1.91 bits per heavy atom. The second-order valence-electron chi connectivity index (χ2n) is 7.79. The summed E-state index contributed by atoms with van der Waals surface area (Å²) >= 11 is 13.4. The smallest absolute Gasteiger partial charge is 0.251 e. The van der Waals surface area contributed by atoms with Crippen molar-refractivity contribution in [1.29, 1.82) is 0 Å². The minimum absolute atomic E-state index is 0. The number of fused-ring (bicyclic) bond motifs is 1. The van der Waals surface area contributed by atoms with Crippen molar-refractivity contribution in [3.05, 3.63) is 80.3 Å². The predicted molar refractivity (Wildman–Crippen MR) is 127 cm³/mol. The van der Waals surface area contributed by atoms with Crippen molar-refractivity contribution in [3.8, 4) is 0 Å². The number of nitrogens with one attached hydrogen (secondary N) is 2. The normalized spacial score (nSPS) is 15.7. The van der Waals surface area contributed by atoms with Gasteiger partial charge in [0.1, 0.15) is 6.04 Å². The van der Waals surface area contributed by atoms with Gasteiger partial charge in [-0.1, -0.05) is 53.5 Å². The summed E-state index contributed by atoms with van der Waals surface area (Å²) in [5, 5.41) is 7.33. The van der Waals surface area contributed by atoms with Gasteiger partial charge in [0.15, 0.2) is 5.13 Å². The molecule has 3 aromatic rings. The van der Waals surface area contributed by atoms with Gasteiger partial charge in [0.25, 0.3) is 5.91 Å². The van der Waals surface area contributed by atoms with Gasteiger partial charge in [-0.25, -0.2) is 4.98 Å². The fraction of sp³-hybridized carbons (Fsp3) is 0.261. The Morgan fingerprint density at radius 3 is 2.64 bits per heavy atom. The number of carbonyl (C=O) groups is 2. The zero-order valence-corrected chi connectivity index (χ0v) is 20.7. The van der Waals surface area contributed by atoms with Crippen molar-refractivity contribution in [2.45, 2.75) is 37.8 Å². The first-order chi connectivity index (χ1) is 15.4. The van der Waals surface area contributed by atoms with Crippen molar-refractivity contribution in [2.75, 3.05) is 5.32 Å². The third-order valence-electron chi connectivity index (χ3n) is 5.41. The summed E-state index contributed by atoms with van der Waals surface area (Å²) < 4.78 is 0. The van der Waals surface area contributed by atoms with Crippen LogP contribution >= 0.6 is 34.5 Å². The highest BCUT2D eigenvalue weighted by Crippen LogP contribution is 2.30. The van der Waals surface area contributed by atoms with E-state index >= 15 is 0 Å². The van der Waals surface area contributed by atoms with Crippen LogP contribution < -0.4 is 28.8 Å². The number of benzene rings is 2. The van der Waals surface area contributed by atoms with Gasteiger partial charge in [-0.2, -0.15) is 0 Å². The lowest BCUT2D eigenvalue weighted by Gasteiger charge is -2.22. The van der Waals surface area contributed by atoms with Crippen LogP contribution in [0.1, 0.15) is 45.4 Å². The molecule has 4 rings (SSSR count). The molecule has 0 radical (unpaired) electrons. The lowest BCUT2D eigenvalue weighted by atomic mass is 9.97. The van der Waals surface area contributed by atoms with Crippen LogP contribution in [0.15, 0.2) is 48.5 Å². The van der Waals surface area contributed by atoms with Crippen LogP contribution in [0.25, 0.3) is 0 Å². The molecule has 6 nitrogen and oxygen atoms in total. The summed E-state index contributed by atoms with van der Waals surface area (Å²) in [5.41, 5.74) is 6.58. The van der Waals surface area contributed by atoms with Crippen molar-refractivity contribution < 1.29 is 27.7 Å². The fourth-order valence-electron chi connectivity index (χ4n) is 3.69.